The lowest BCUT2D eigenvalue weighted by Gasteiger charge is -2.20. The van der Waals surface area contributed by atoms with Gasteiger partial charge in [0.15, 0.2) is 0 Å². The van der Waals surface area contributed by atoms with Gasteiger partial charge in [-0.05, 0) is 44.4 Å². The minimum atomic E-state index is -0.0381. The Bertz CT molecular complexity index is 515. The number of rotatable bonds is 4. The minimum Gasteiger partial charge on any atom is -0.384 e. The lowest BCUT2D eigenvalue weighted by molar-refractivity contribution is -0.122. The van der Waals surface area contributed by atoms with E-state index in [0.717, 1.165) is 30.9 Å². The first kappa shape index (κ1) is 14.4. The number of anilines is 1. The second kappa shape index (κ2) is 6.06. The maximum absolute atomic E-state index is 12.4. The summed E-state index contributed by atoms with van der Waals surface area (Å²) in [5, 5.41) is 6.47. The van der Waals surface area contributed by atoms with Crippen LogP contribution in [0.25, 0.3) is 0 Å². The van der Waals surface area contributed by atoms with Crippen LogP contribution in [0.2, 0.25) is 0 Å². The smallest absolute Gasteiger partial charge is 0.229 e. The third-order valence-electron chi connectivity index (χ3n) is 4.76. The van der Waals surface area contributed by atoms with Gasteiger partial charge in [-0.25, -0.2) is 0 Å². The number of carbonyl (C=O) groups is 1. The van der Waals surface area contributed by atoms with Gasteiger partial charge in [-0.2, -0.15) is 0 Å². The SMILES string of the molecule is CC(C)N1CCC(CNC(=O)C2CNc3ccccc32)C1. The van der Waals surface area contributed by atoms with Crippen molar-refractivity contribution in [1.82, 2.24) is 10.2 Å². The van der Waals surface area contributed by atoms with Gasteiger partial charge in [0.2, 0.25) is 5.91 Å². The number of nitrogens with one attached hydrogen (secondary N) is 2. The third-order valence-corrected chi connectivity index (χ3v) is 4.76. The maximum Gasteiger partial charge on any atom is 0.229 e. The van der Waals surface area contributed by atoms with E-state index in [-0.39, 0.29) is 11.8 Å². The van der Waals surface area contributed by atoms with Crippen molar-refractivity contribution in [3.63, 3.8) is 0 Å². The fourth-order valence-electron chi connectivity index (χ4n) is 3.38. The van der Waals surface area contributed by atoms with Crippen LogP contribution in [0.1, 0.15) is 31.7 Å². The molecule has 2 aliphatic heterocycles. The van der Waals surface area contributed by atoms with E-state index in [1.807, 2.05) is 18.2 Å². The van der Waals surface area contributed by atoms with Crippen LogP contribution in [0.5, 0.6) is 0 Å². The Morgan fingerprint density at radius 3 is 3.00 bits per heavy atom. The molecule has 1 fully saturated rings. The van der Waals surface area contributed by atoms with Gasteiger partial charge in [-0.3, -0.25) is 4.79 Å². The number of likely N-dealkylation sites (tertiary alicyclic amines) is 1. The minimum absolute atomic E-state index is 0.0381. The van der Waals surface area contributed by atoms with E-state index in [0.29, 0.717) is 18.5 Å². The van der Waals surface area contributed by atoms with Crippen molar-refractivity contribution in [3.05, 3.63) is 29.8 Å². The number of nitrogens with zero attached hydrogens (tertiary/aromatic N) is 1. The average molecular weight is 287 g/mol. The van der Waals surface area contributed by atoms with Crippen LogP contribution in [0.4, 0.5) is 5.69 Å². The van der Waals surface area contributed by atoms with Crippen molar-refractivity contribution in [2.45, 2.75) is 32.2 Å². The lowest BCUT2D eigenvalue weighted by Crippen LogP contribution is -2.35. The molecule has 2 unspecified atom stereocenters. The number of para-hydroxylation sites is 1. The zero-order valence-electron chi connectivity index (χ0n) is 12.9. The van der Waals surface area contributed by atoms with Crippen molar-refractivity contribution in [1.29, 1.82) is 0 Å². The molecule has 0 bridgehead atoms. The summed E-state index contributed by atoms with van der Waals surface area (Å²) in [6.45, 7) is 8.27. The summed E-state index contributed by atoms with van der Waals surface area (Å²) >= 11 is 0. The summed E-state index contributed by atoms with van der Waals surface area (Å²) in [5.41, 5.74) is 2.23. The molecule has 0 spiro atoms. The third kappa shape index (κ3) is 3.05. The van der Waals surface area contributed by atoms with Crippen molar-refractivity contribution >= 4 is 11.6 Å². The van der Waals surface area contributed by atoms with E-state index in [9.17, 15) is 4.79 Å². The standard InChI is InChI=1S/C17H25N3O/c1-12(2)20-8-7-13(11-20)9-19-17(21)15-10-18-16-6-4-3-5-14(15)16/h3-6,12-13,15,18H,7-11H2,1-2H3,(H,19,21). The van der Waals surface area contributed by atoms with Crippen LogP contribution >= 0.6 is 0 Å². The number of benzene rings is 1. The predicted molar refractivity (Wildman–Crippen MR) is 85.5 cm³/mol. The molecule has 1 saturated heterocycles. The molecule has 1 aromatic rings. The molecule has 3 rings (SSSR count). The van der Waals surface area contributed by atoms with Gasteiger partial charge < -0.3 is 15.5 Å². The number of carbonyl (C=O) groups excluding carboxylic acids is 1. The van der Waals surface area contributed by atoms with Crippen molar-refractivity contribution in [2.75, 3.05) is 31.5 Å². The second-order valence-electron chi connectivity index (χ2n) is 6.51. The molecule has 4 nitrogen and oxygen atoms in total. The Morgan fingerprint density at radius 1 is 1.43 bits per heavy atom. The van der Waals surface area contributed by atoms with E-state index >= 15 is 0 Å². The van der Waals surface area contributed by atoms with Crippen LogP contribution in [0.15, 0.2) is 24.3 Å². The van der Waals surface area contributed by atoms with Crippen molar-refractivity contribution in [3.8, 4) is 0 Å². The average Bonchev–Trinajstić information content (AvgIpc) is 3.11. The predicted octanol–water partition coefficient (Wildman–Crippen LogP) is 2.04. The monoisotopic (exact) mass is 287 g/mol. The van der Waals surface area contributed by atoms with E-state index < -0.39 is 0 Å². The highest BCUT2D eigenvalue weighted by Gasteiger charge is 2.29. The van der Waals surface area contributed by atoms with Crippen molar-refractivity contribution < 1.29 is 4.79 Å². The molecule has 2 aliphatic rings. The Morgan fingerprint density at radius 2 is 2.24 bits per heavy atom. The molecule has 4 heteroatoms. The summed E-state index contributed by atoms with van der Waals surface area (Å²) < 4.78 is 0. The molecule has 114 valence electrons. The van der Waals surface area contributed by atoms with Crippen LogP contribution in [-0.4, -0.2) is 43.0 Å². The maximum atomic E-state index is 12.4. The Labute approximate surface area is 126 Å². The van der Waals surface area contributed by atoms with Crippen molar-refractivity contribution in [2.24, 2.45) is 5.92 Å². The molecule has 0 aromatic heterocycles. The summed E-state index contributed by atoms with van der Waals surface area (Å²) in [5.74, 6) is 0.722. The number of fused-ring (bicyclic) bond motifs is 1. The van der Waals surface area contributed by atoms with Crippen LogP contribution in [0.3, 0.4) is 0 Å². The lowest BCUT2D eigenvalue weighted by atomic mass is 10.00. The molecular formula is C17H25N3O. The topological polar surface area (TPSA) is 44.4 Å². The molecule has 0 saturated carbocycles. The Balaban J connectivity index is 1.52. The van der Waals surface area contributed by atoms with Gasteiger partial charge in [0.1, 0.15) is 0 Å². The molecule has 2 heterocycles. The molecule has 21 heavy (non-hydrogen) atoms. The molecule has 1 aromatic carbocycles. The number of amides is 1. The quantitative estimate of drug-likeness (QED) is 0.891. The first-order valence-electron chi connectivity index (χ1n) is 7.99. The first-order valence-corrected chi connectivity index (χ1v) is 7.99. The summed E-state index contributed by atoms with van der Waals surface area (Å²) in [7, 11) is 0. The summed E-state index contributed by atoms with van der Waals surface area (Å²) in [6, 6.07) is 8.71. The summed E-state index contributed by atoms with van der Waals surface area (Å²) in [6.07, 6.45) is 1.19. The molecule has 2 N–H and O–H groups in total. The van der Waals surface area contributed by atoms with Gasteiger partial charge in [0.25, 0.3) is 0 Å². The van der Waals surface area contributed by atoms with Gasteiger partial charge >= 0.3 is 0 Å². The van der Waals surface area contributed by atoms with Gasteiger partial charge in [-0.1, -0.05) is 18.2 Å². The number of hydrogen-bond acceptors (Lipinski definition) is 3. The molecule has 2 atom stereocenters. The number of hydrogen-bond donors (Lipinski definition) is 2. The fraction of sp³-hybridized carbons (Fsp3) is 0.588. The van der Waals surface area contributed by atoms with Gasteiger partial charge in [0, 0.05) is 31.4 Å². The van der Waals surface area contributed by atoms with Crippen LogP contribution in [-0.2, 0) is 4.79 Å². The molecule has 1 amide bonds. The normalized spacial score (nSPS) is 24.9. The molecular weight excluding hydrogens is 262 g/mol. The zero-order chi connectivity index (χ0) is 14.8. The highest BCUT2D eigenvalue weighted by atomic mass is 16.1. The van der Waals surface area contributed by atoms with E-state index in [4.69, 9.17) is 0 Å². The zero-order valence-corrected chi connectivity index (χ0v) is 12.9. The van der Waals surface area contributed by atoms with Crippen LogP contribution < -0.4 is 10.6 Å². The Hall–Kier alpha value is -1.55. The second-order valence-corrected chi connectivity index (χ2v) is 6.51. The van der Waals surface area contributed by atoms with Gasteiger partial charge in [0.05, 0.1) is 5.92 Å². The molecule has 0 aliphatic carbocycles. The van der Waals surface area contributed by atoms with Crippen LogP contribution in [0, 0.1) is 5.92 Å². The summed E-state index contributed by atoms with van der Waals surface area (Å²) in [4.78, 5) is 14.9. The fourth-order valence-corrected chi connectivity index (χ4v) is 3.38. The largest absolute Gasteiger partial charge is 0.384 e. The van der Waals surface area contributed by atoms with E-state index in [2.05, 4.69) is 35.4 Å². The highest BCUT2D eigenvalue weighted by Crippen LogP contribution is 2.31. The first-order chi connectivity index (χ1) is 10.1. The van der Waals surface area contributed by atoms with Gasteiger partial charge in [-0.15, -0.1) is 0 Å². The van der Waals surface area contributed by atoms with E-state index in [1.54, 1.807) is 0 Å². The highest BCUT2D eigenvalue weighted by molar-refractivity contribution is 5.88. The Kier molecular flexibility index (Phi) is 4.15. The van der Waals surface area contributed by atoms with E-state index in [1.165, 1.54) is 6.42 Å². The molecule has 0 radical (unpaired) electrons.